The molecule has 1 aliphatic rings. The third-order valence-corrected chi connectivity index (χ3v) is 7.04. The molecule has 0 saturated carbocycles. The Labute approximate surface area is 203 Å². The number of hydrogen-bond acceptors (Lipinski definition) is 3. The highest BCUT2D eigenvalue weighted by Gasteiger charge is 2.40. The van der Waals surface area contributed by atoms with Gasteiger partial charge >= 0.3 is 6.03 Å². The van der Waals surface area contributed by atoms with E-state index in [2.05, 4.69) is 73.6 Å². The second kappa shape index (κ2) is 10.6. The van der Waals surface area contributed by atoms with E-state index in [4.69, 9.17) is 4.74 Å². The SMILES string of the molecule is CN1CCCC(C)(C)C1N(C)C(=O)NCC(OCc1ccccc1)c1cccc2ccccc12. The lowest BCUT2D eigenvalue weighted by atomic mass is 9.80. The van der Waals surface area contributed by atoms with Crippen LogP contribution >= 0.6 is 0 Å². The van der Waals surface area contributed by atoms with Gasteiger partial charge in [0.1, 0.15) is 6.10 Å². The van der Waals surface area contributed by atoms with E-state index in [1.54, 1.807) is 0 Å². The van der Waals surface area contributed by atoms with Crippen LogP contribution in [0.2, 0.25) is 0 Å². The van der Waals surface area contributed by atoms with Crippen LogP contribution in [0.15, 0.2) is 72.8 Å². The van der Waals surface area contributed by atoms with Crippen molar-refractivity contribution in [3.8, 4) is 0 Å². The maximum atomic E-state index is 13.3. The molecule has 1 aliphatic heterocycles. The average Bonchev–Trinajstić information content (AvgIpc) is 2.83. The molecule has 4 rings (SSSR count). The van der Waals surface area contributed by atoms with E-state index in [1.807, 2.05) is 42.3 Å². The number of fused-ring (bicyclic) bond motifs is 1. The molecule has 2 amide bonds. The Morgan fingerprint density at radius 1 is 1.09 bits per heavy atom. The summed E-state index contributed by atoms with van der Waals surface area (Å²) in [4.78, 5) is 17.4. The van der Waals surface area contributed by atoms with Crippen LogP contribution in [-0.2, 0) is 11.3 Å². The van der Waals surface area contributed by atoms with Gasteiger partial charge in [0.15, 0.2) is 0 Å². The van der Waals surface area contributed by atoms with Crippen LogP contribution in [0.3, 0.4) is 0 Å². The summed E-state index contributed by atoms with van der Waals surface area (Å²) in [5, 5.41) is 5.49. The second-order valence-corrected chi connectivity index (χ2v) is 10.1. The van der Waals surface area contributed by atoms with Gasteiger partial charge in [-0.3, -0.25) is 4.90 Å². The lowest BCUT2D eigenvalue weighted by Gasteiger charge is -2.49. The third kappa shape index (κ3) is 5.43. The molecule has 5 nitrogen and oxygen atoms in total. The lowest BCUT2D eigenvalue weighted by molar-refractivity contribution is -0.0240. The Bertz CT molecular complexity index is 1090. The van der Waals surface area contributed by atoms with Crippen LogP contribution in [-0.4, -0.2) is 49.2 Å². The summed E-state index contributed by atoms with van der Waals surface area (Å²) in [6, 6.07) is 24.7. The van der Waals surface area contributed by atoms with E-state index in [9.17, 15) is 4.79 Å². The number of amides is 2. The van der Waals surface area contributed by atoms with Gasteiger partial charge in [-0.1, -0.05) is 86.6 Å². The Morgan fingerprint density at radius 3 is 2.56 bits per heavy atom. The minimum atomic E-state index is -0.263. The Kier molecular flexibility index (Phi) is 7.54. The van der Waals surface area contributed by atoms with Crippen molar-refractivity contribution in [2.75, 3.05) is 27.2 Å². The topological polar surface area (TPSA) is 44.8 Å². The van der Waals surface area contributed by atoms with Crippen molar-refractivity contribution >= 4 is 16.8 Å². The van der Waals surface area contributed by atoms with Crippen molar-refractivity contribution in [1.82, 2.24) is 15.1 Å². The normalized spacial score (nSPS) is 19.0. The number of nitrogens with one attached hydrogen (secondary N) is 1. The molecular formula is C29H37N3O2. The zero-order chi connectivity index (χ0) is 24.1. The van der Waals surface area contributed by atoms with E-state index in [1.165, 1.54) is 5.39 Å². The van der Waals surface area contributed by atoms with Crippen molar-refractivity contribution in [3.63, 3.8) is 0 Å². The van der Waals surface area contributed by atoms with Gasteiger partial charge in [0.2, 0.25) is 0 Å². The molecule has 1 N–H and O–H groups in total. The van der Waals surface area contributed by atoms with Gasteiger partial charge in [-0.15, -0.1) is 0 Å². The van der Waals surface area contributed by atoms with Crippen LogP contribution < -0.4 is 5.32 Å². The Balaban J connectivity index is 1.52. The Morgan fingerprint density at radius 2 is 1.79 bits per heavy atom. The Hall–Kier alpha value is -2.89. The fourth-order valence-corrected chi connectivity index (χ4v) is 5.43. The quantitative estimate of drug-likeness (QED) is 0.484. The molecule has 5 heteroatoms. The molecule has 3 aromatic carbocycles. The zero-order valence-electron chi connectivity index (χ0n) is 20.8. The van der Waals surface area contributed by atoms with Crippen LogP contribution in [0.4, 0.5) is 4.79 Å². The molecule has 1 saturated heterocycles. The third-order valence-electron chi connectivity index (χ3n) is 7.04. The molecule has 1 fully saturated rings. The molecule has 0 radical (unpaired) electrons. The number of piperidine rings is 1. The number of ether oxygens (including phenoxy) is 1. The number of hydrogen-bond donors (Lipinski definition) is 1. The van der Waals surface area contributed by atoms with Crippen molar-refractivity contribution in [3.05, 3.63) is 83.9 Å². The van der Waals surface area contributed by atoms with Gasteiger partial charge in [0.05, 0.1) is 12.8 Å². The largest absolute Gasteiger partial charge is 0.367 e. The zero-order valence-corrected chi connectivity index (χ0v) is 20.8. The lowest BCUT2D eigenvalue weighted by Crippen LogP contribution is -2.59. The van der Waals surface area contributed by atoms with Crippen LogP contribution in [0.1, 0.15) is 43.9 Å². The van der Waals surface area contributed by atoms with Crippen molar-refractivity contribution in [2.24, 2.45) is 5.41 Å². The van der Waals surface area contributed by atoms with Crippen LogP contribution in [0.25, 0.3) is 10.8 Å². The molecule has 0 spiro atoms. The van der Waals surface area contributed by atoms with E-state index >= 15 is 0 Å². The van der Waals surface area contributed by atoms with Crippen LogP contribution in [0, 0.1) is 5.41 Å². The smallest absolute Gasteiger partial charge is 0.318 e. The van der Waals surface area contributed by atoms with Crippen molar-refractivity contribution in [1.29, 1.82) is 0 Å². The first-order chi connectivity index (χ1) is 16.4. The first-order valence-corrected chi connectivity index (χ1v) is 12.2. The van der Waals surface area contributed by atoms with Crippen molar-refractivity contribution < 1.29 is 9.53 Å². The number of carbonyl (C=O) groups is 1. The highest BCUT2D eigenvalue weighted by atomic mass is 16.5. The predicted molar refractivity (Wildman–Crippen MR) is 139 cm³/mol. The van der Waals surface area contributed by atoms with Crippen molar-refractivity contribution in [2.45, 2.75) is 45.6 Å². The number of nitrogens with zero attached hydrogens (tertiary/aromatic N) is 2. The monoisotopic (exact) mass is 459 g/mol. The molecule has 180 valence electrons. The van der Waals surface area contributed by atoms with Gasteiger partial charge in [-0.05, 0) is 53.7 Å². The number of carbonyl (C=O) groups excluding carboxylic acids is 1. The van der Waals surface area contributed by atoms with Gasteiger partial charge < -0.3 is 15.0 Å². The van der Waals surface area contributed by atoms with Gasteiger partial charge in [-0.25, -0.2) is 4.79 Å². The number of rotatable bonds is 7. The number of likely N-dealkylation sites (tertiary alicyclic amines) is 1. The van der Waals surface area contributed by atoms with E-state index in [0.29, 0.717) is 13.2 Å². The molecule has 0 aliphatic carbocycles. The maximum Gasteiger partial charge on any atom is 0.318 e. The molecule has 1 heterocycles. The van der Waals surface area contributed by atoms with E-state index in [-0.39, 0.29) is 23.7 Å². The van der Waals surface area contributed by atoms with E-state index < -0.39 is 0 Å². The summed E-state index contributed by atoms with van der Waals surface area (Å²) in [6.45, 7) is 6.39. The van der Waals surface area contributed by atoms with Gasteiger partial charge in [0, 0.05) is 13.6 Å². The average molecular weight is 460 g/mol. The number of urea groups is 1. The van der Waals surface area contributed by atoms with Gasteiger partial charge in [0.25, 0.3) is 0 Å². The van der Waals surface area contributed by atoms with Crippen LogP contribution in [0.5, 0.6) is 0 Å². The maximum absolute atomic E-state index is 13.3. The molecule has 0 bridgehead atoms. The first-order valence-electron chi connectivity index (χ1n) is 12.2. The molecule has 0 aromatic heterocycles. The summed E-state index contributed by atoms with van der Waals surface area (Å²) in [7, 11) is 4.01. The minimum absolute atomic E-state index is 0.0396. The summed E-state index contributed by atoms with van der Waals surface area (Å²) in [6.07, 6.45) is 2.06. The molecular weight excluding hydrogens is 422 g/mol. The number of benzene rings is 3. The first kappa shape index (κ1) is 24.2. The summed E-state index contributed by atoms with van der Waals surface area (Å²) in [5.74, 6) is 0. The molecule has 2 atom stereocenters. The fourth-order valence-electron chi connectivity index (χ4n) is 5.43. The fraction of sp³-hybridized carbons (Fsp3) is 0.414. The van der Waals surface area contributed by atoms with Gasteiger partial charge in [-0.2, -0.15) is 0 Å². The highest BCUT2D eigenvalue weighted by molar-refractivity contribution is 5.86. The second-order valence-electron chi connectivity index (χ2n) is 10.1. The van der Waals surface area contributed by atoms with E-state index in [0.717, 1.165) is 35.9 Å². The minimum Gasteiger partial charge on any atom is -0.367 e. The molecule has 3 aromatic rings. The predicted octanol–water partition coefficient (Wildman–Crippen LogP) is 5.82. The standard InChI is InChI=1S/C29H37N3O2/c1-29(2)18-11-19-31(3)27(29)32(4)28(33)30-20-26(34-21-22-12-6-5-7-13-22)25-17-10-15-23-14-8-9-16-24(23)25/h5-10,12-17,26-27H,11,18-21H2,1-4H3,(H,30,33). The highest BCUT2D eigenvalue weighted by Crippen LogP contribution is 2.36. The molecule has 34 heavy (non-hydrogen) atoms. The summed E-state index contributed by atoms with van der Waals surface area (Å²) >= 11 is 0. The molecule has 2 unspecified atom stereocenters. The summed E-state index contributed by atoms with van der Waals surface area (Å²) < 4.78 is 6.42. The summed E-state index contributed by atoms with van der Waals surface area (Å²) in [5.41, 5.74) is 2.24.